The summed E-state index contributed by atoms with van der Waals surface area (Å²) in [6.45, 7) is 0. The van der Waals surface area contributed by atoms with Crippen molar-refractivity contribution in [2.45, 2.75) is 44.1 Å². The Bertz CT molecular complexity index is 1780. The second-order valence-corrected chi connectivity index (χ2v) is 12.5. The van der Waals surface area contributed by atoms with Crippen LogP contribution < -0.4 is 30.4 Å². The van der Waals surface area contributed by atoms with Gasteiger partial charge in [0, 0.05) is 45.6 Å². The highest BCUT2D eigenvalue weighted by molar-refractivity contribution is 6.05. The molecule has 0 radical (unpaired) electrons. The maximum Gasteiger partial charge on any atom is 0.261 e. The van der Waals surface area contributed by atoms with Crippen molar-refractivity contribution in [3.63, 3.8) is 0 Å². The first kappa shape index (κ1) is 30.6. The number of hydrogen-bond acceptors (Lipinski definition) is 4. The van der Waals surface area contributed by atoms with Gasteiger partial charge in [-0.1, -0.05) is 0 Å². The van der Waals surface area contributed by atoms with Gasteiger partial charge in [-0.25, -0.2) is 9.13 Å². The Morgan fingerprint density at radius 1 is 0.543 bits per heavy atom. The topological polar surface area (TPSA) is 124 Å². The molecule has 46 heavy (non-hydrogen) atoms. The lowest BCUT2D eigenvalue weighted by molar-refractivity contribution is -0.671. The predicted molar refractivity (Wildman–Crippen MR) is 173 cm³/mol. The average molecular weight is 619 g/mol. The summed E-state index contributed by atoms with van der Waals surface area (Å²) in [5, 5.41) is 12.1. The van der Waals surface area contributed by atoms with E-state index in [1.54, 1.807) is 60.8 Å². The van der Waals surface area contributed by atoms with Gasteiger partial charge in [0.15, 0.2) is 24.8 Å². The lowest BCUT2D eigenvalue weighted by atomic mass is 9.57. The molecule has 0 saturated heterocycles. The first-order valence-electron chi connectivity index (χ1n) is 15.5. The fourth-order valence-electron chi connectivity index (χ4n) is 6.49. The number of nitrogens with zero attached hydrogens (tertiary/aromatic N) is 2. The van der Waals surface area contributed by atoms with Gasteiger partial charge in [0.1, 0.15) is 25.3 Å². The molecule has 7 rings (SSSR count). The Hall–Kier alpha value is -5.38. The van der Waals surface area contributed by atoms with Gasteiger partial charge in [-0.05, 0) is 99.2 Å². The van der Waals surface area contributed by atoms with E-state index in [1.165, 1.54) is 0 Å². The summed E-state index contributed by atoms with van der Waals surface area (Å²) in [7, 11) is 3.74. The number of benzene rings is 2. The molecule has 3 aliphatic carbocycles. The van der Waals surface area contributed by atoms with Gasteiger partial charge in [-0.2, -0.15) is 0 Å². The van der Waals surface area contributed by atoms with E-state index in [1.807, 2.05) is 60.0 Å². The van der Waals surface area contributed by atoms with Crippen molar-refractivity contribution >= 4 is 40.7 Å². The van der Waals surface area contributed by atoms with Crippen molar-refractivity contribution in [2.75, 3.05) is 16.0 Å². The van der Waals surface area contributed by atoms with Gasteiger partial charge in [-0.15, -0.1) is 0 Å². The molecule has 2 aromatic heterocycles. The second-order valence-electron chi connectivity index (χ2n) is 12.5. The van der Waals surface area contributed by atoms with Gasteiger partial charge in [-0.3, -0.25) is 19.2 Å². The van der Waals surface area contributed by atoms with Crippen LogP contribution in [0, 0.1) is 5.41 Å². The fraction of sp³-hybridized carbons (Fsp3) is 0.278. The Kier molecular flexibility index (Phi) is 8.36. The largest absolute Gasteiger partial charge is 0.347 e. The van der Waals surface area contributed by atoms with E-state index in [2.05, 4.69) is 21.3 Å². The van der Waals surface area contributed by atoms with Crippen LogP contribution in [-0.2, 0) is 18.9 Å². The molecule has 4 N–H and O–H groups in total. The van der Waals surface area contributed by atoms with Crippen molar-refractivity contribution in [3.05, 3.63) is 114 Å². The van der Waals surface area contributed by atoms with Crippen LogP contribution >= 0.6 is 0 Å². The minimum Gasteiger partial charge on any atom is -0.347 e. The average Bonchev–Trinajstić information content (AvgIpc) is 3.06. The molecule has 3 saturated carbocycles. The van der Waals surface area contributed by atoms with E-state index < -0.39 is 5.41 Å². The SMILES string of the molecule is C[n+]1cccc(NC(=O)c2ccc(NC(=O)C34CCC(NC(=O)c5ccc(NC(=O)c6ccc[n+](C)c6)cc5)(CC3)CC4)cc2)c1. The van der Waals surface area contributed by atoms with Crippen LogP contribution in [0.3, 0.4) is 0 Å². The summed E-state index contributed by atoms with van der Waals surface area (Å²) in [6, 6.07) is 21.0. The lowest BCUT2D eigenvalue weighted by Gasteiger charge is -2.52. The maximum absolute atomic E-state index is 13.5. The number of rotatable bonds is 8. The molecule has 4 amide bonds. The van der Waals surface area contributed by atoms with E-state index in [-0.39, 0.29) is 29.2 Å². The van der Waals surface area contributed by atoms with Crippen molar-refractivity contribution in [2.24, 2.45) is 19.5 Å². The molecule has 0 aliphatic heterocycles. The molecular weight excluding hydrogens is 580 g/mol. The van der Waals surface area contributed by atoms with Gasteiger partial charge in [0.05, 0.1) is 0 Å². The standard InChI is InChI=1S/C36H36N6O4/c1-41-21-3-5-27(23-41)32(44)37-28-11-9-26(10-12-28)33(45)40-36-18-15-35(16-19-36,17-20-36)34(46)39-29-13-7-25(8-14-29)31(43)38-30-6-4-22-42(2)24-30/h3-14,21-24H,15-20H2,1-2H3,(H2-2,37,38,39,40,43,44,45,46)/p+2. The molecule has 2 heterocycles. The van der Waals surface area contributed by atoms with Crippen molar-refractivity contribution < 1.29 is 28.3 Å². The third-order valence-corrected chi connectivity index (χ3v) is 9.32. The quantitative estimate of drug-likeness (QED) is 0.220. The highest BCUT2D eigenvalue weighted by atomic mass is 16.2. The van der Waals surface area contributed by atoms with Crippen molar-refractivity contribution in [3.8, 4) is 0 Å². The number of carbonyl (C=O) groups excluding carboxylic acids is 4. The van der Waals surface area contributed by atoms with Crippen LogP contribution in [0.25, 0.3) is 0 Å². The zero-order valence-corrected chi connectivity index (χ0v) is 26.0. The zero-order valence-electron chi connectivity index (χ0n) is 26.0. The smallest absolute Gasteiger partial charge is 0.261 e. The molecule has 2 bridgehead atoms. The summed E-state index contributed by atoms with van der Waals surface area (Å²) in [6.07, 6.45) is 11.6. The highest BCUT2D eigenvalue weighted by Crippen LogP contribution is 2.53. The molecule has 10 heteroatoms. The molecule has 4 aromatic rings. The van der Waals surface area contributed by atoms with E-state index in [0.717, 1.165) is 19.3 Å². The molecule has 2 aromatic carbocycles. The molecule has 10 nitrogen and oxygen atoms in total. The summed E-state index contributed by atoms with van der Waals surface area (Å²) >= 11 is 0. The Morgan fingerprint density at radius 2 is 1.04 bits per heavy atom. The summed E-state index contributed by atoms with van der Waals surface area (Å²) < 4.78 is 3.67. The summed E-state index contributed by atoms with van der Waals surface area (Å²) in [5.41, 5.74) is 2.71. The van der Waals surface area contributed by atoms with Crippen molar-refractivity contribution in [1.29, 1.82) is 0 Å². The van der Waals surface area contributed by atoms with E-state index in [4.69, 9.17) is 0 Å². The number of nitrogens with one attached hydrogen (secondary N) is 4. The summed E-state index contributed by atoms with van der Waals surface area (Å²) in [5.74, 6) is -0.609. The number of amides is 4. The third kappa shape index (κ3) is 6.66. The number of aromatic nitrogens is 2. The van der Waals surface area contributed by atoms with Gasteiger partial charge in [0.2, 0.25) is 5.91 Å². The van der Waals surface area contributed by atoms with Crippen molar-refractivity contribution in [1.82, 2.24) is 5.32 Å². The first-order valence-corrected chi connectivity index (χ1v) is 15.5. The highest BCUT2D eigenvalue weighted by Gasteiger charge is 2.53. The minimum absolute atomic E-state index is 0.0111. The third-order valence-electron chi connectivity index (χ3n) is 9.32. The molecule has 0 spiro atoms. The van der Waals surface area contributed by atoms with Crippen LogP contribution in [-0.4, -0.2) is 29.2 Å². The Labute approximate surface area is 267 Å². The predicted octanol–water partition coefficient (Wildman–Crippen LogP) is 4.30. The number of aryl methyl sites for hydroxylation is 2. The Balaban J connectivity index is 1.01. The van der Waals surface area contributed by atoms with Gasteiger partial charge >= 0.3 is 0 Å². The molecule has 0 atom stereocenters. The van der Waals surface area contributed by atoms with Crippen LogP contribution in [0.2, 0.25) is 0 Å². The molecule has 3 fully saturated rings. The normalized spacial score (nSPS) is 20.0. The number of carbonyl (C=O) groups is 4. The number of fused-ring (bicyclic) bond motifs is 3. The van der Waals surface area contributed by atoms with Crippen LogP contribution in [0.4, 0.5) is 17.1 Å². The molecular formula is C36H38N6O4+2. The Morgan fingerprint density at radius 3 is 1.63 bits per heavy atom. The van der Waals surface area contributed by atoms with Crippen LogP contribution in [0.1, 0.15) is 69.6 Å². The van der Waals surface area contributed by atoms with E-state index in [0.29, 0.717) is 53.0 Å². The number of hydrogen-bond donors (Lipinski definition) is 4. The number of anilines is 3. The monoisotopic (exact) mass is 618 g/mol. The lowest BCUT2D eigenvalue weighted by Crippen LogP contribution is -2.59. The molecule has 234 valence electrons. The van der Waals surface area contributed by atoms with E-state index in [9.17, 15) is 19.2 Å². The minimum atomic E-state index is -0.471. The van der Waals surface area contributed by atoms with Gasteiger partial charge in [0.25, 0.3) is 17.7 Å². The molecule has 3 aliphatic rings. The fourth-order valence-corrected chi connectivity index (χ4v) is 6.49. The number of pyridine rings is 2. The van der Waals surface area contributed by atoms with Crippen LogP contribution in [0.5, 0.6) is 0 Å². The maximum atomic E-state index is 13.5. The summed E-state index contributed by atoms with van der Waals surface area (Å²) in [4.78, 5) is 51.9. The van der Waals surface area contributed by atoms with E-state index >= 15 is 0 Å². The first-order chi connectivity index (χ1) is 22.1. The van der Waals surface area contributed by atoms with Crippen LogP contribution in [0.15, 0.2) is 97.6 Å². The second kappa shape index (κ2) is 12.5. The van der Waals surface area contributed by atoms with Gasteiger partial charge < -0.3 is 21.3 Å². The molecule has 0 unspecified atom stereocenters. The zero-order chi connectivity index (χ0) is 32.3.